The third kappa shape index (κ3) is 3.71. The first-order chi connectivity index (χ1) is 10.6. The van der Waals surface area contributed by atoms with Gasteiger partial charge in [0.1, 0.15) is 0 Å². The van der Waals surface area contributed by atoms with E-state index >= 15 is 0 Å². The van der Waals surface area contributed by atoms with Gasteiger partial charge in [0, 0.05) is 31.2 Å². The molecular weight excluding hydrogens is 294 g/mol. The molecule has 2 rings (SSSR count). The molecule has 1 amide bonds. The van der Waals surface area contributed by atoms with Gasteiger partial charge in [-0.3, -0.25) is 9.36 Å². The second-order valence-corrected chi connectivity index (χ2v) is 6.50. The molecule has 1 heterocycles. The van der Waals surface area contributed by atoms with Crippen LogP contribution in [0.2, 0.25) is 0 Å². The van der Waals surface area contributed by atoms with Crippen molar-refractivity contribution in [3.05, 3.63) is 42.2 Å². The third-order valence-corrected chi connectivity index (χ3v) is 4.66. The second-order valence-electron chi connectivity index (χ2n) is 5.19. The normalized spacial score (nSPS) is 12.2. The van der Waals surface area contributed by atoms with E-state index in [1.165, 1.54) is 17.3 Å². The van der Waals surface area contributed by atoms with Gasteiger partial charge in [-0.1, -0.05) is 23.9 Å². The summed E-state index contributed by atoms with van der Waals surface area (Å²) in [6.45, 7) is 9.51. The fourth-order valence-corrected chi connectivity index (χ4v) is 3.32. The monoisotopic (exact) mass is 317 g/mol. The van der Waals surface area contributed by atoms with E-state index in [1.807, 2.05) is 42.5 Å². The van der Waals surface area contributed by atoms with Gasteiger partial charge in [-0.2, -0.15) is 0 Å². The van der Waals surface area contributed by atoms with Crippen LogP contribution in [0.4, 0.5) is 0 Å². The molecule has 0 saturated carbocycles. The molecule has 118 valence electrons. The molecular formula is C17H23N3OS. The Morgan fingerprint density at radius 1 is 1.36 bits per heavy atom. The van der Waals surface area contributed by atoms with Crippen molar-refractivity contribution in [3.8, 4) is 5.69 Å². The number of thioether (sulfide) groups is 1. The summed E-state index contributed by atoms with van der Waals surface area (Å²) in [6, 6.07) is 8.27. The first-order valence-electron chi connectivity index (χ1n) is 7.62. The van der Waals surface area contributed by atoms with Crippen LogP contribution in [0.15, 0.2) is 41.8 Å². The van der Waals surface area contributed by atoms with Crippen LogP contribution in [0.3, 0.4) is 0 Å². The summed E-state index contributed by atoms with van der Waals surface area (Å²) >= 11 is 1.51. The number of amides is 1. The standard InChI is InChI=1S/C17H23N3OS/c1-5-19(6-2)16(21)14(4)22-17-18-10-11-20(17)15-9-7-8-13(3)12-15/h7-12,14H,5-6H2,1-4H3. The van der Waals surface area contributed by atoms with Crippen molar-refractivity contribution in [1.29, 1.82) is 0 Å². The zero-order valence-electron chi connectivity index (χ0n) is 13.6. The van der Waals surface area contributed by atoms with Crippen molar-refractivity contribution in [1.82, 2.24) is 14.5 Å². The van der Waals surface area contributed by atoms with Crippen LogP contribution in [0.5, 0.6) is 0 Å². The molecule has 0 aliphatic carbocycles. The van der Waals surface area contributed by atoms with E-state index in [2.05, 4.69) is 30.1 Å². The molecule has 0 bridgehead atoms. The lowest BCUT2D eigenvalue weighted by Crippen LogP contribution is -2.36. The molecule has 22 heavy (non-hydrogen) atoms. The van der Waals surface area contributed by atoms with E-state index in [0.29, 0.717) is 0 Å². The van der Waals surface area contributed by atoms with E-state index in [4.69, 9.17) is 0 Å². The maximum Gasteiger partial charge on any atom is 0.235 e. The Kier molecular flexibility index (Phi) is 5.66. The number of imidazole rings is 1. The summed E-state index contributed by atoms with van der Waals surface area (Å²) < 4.78 is 2.03. The molecule has 0 radical (unpaired) electrons. The Hall–Kier alpha value is -1.75. The minimum atomic E-state index is -0.147. The predicted molar refractivity (Wildman–Crippen MR) is 91.5 cm³/mol. The molecule has 1 aromatic heterocycles. The number of hydrogen-bond acceptors (Lipinski definition) is 3. The Labute approximate surface area is 136 Å². The smallest absolute Gasteiger partial charge is 0.235 e. The number of aryl methyl sites for hydroxylation is 1. The van der Waals surface area contributed by atoms with Gasteiger partial charge in [-0.15, -0.1) is 0 Å². The van der Waals surface area contributed by atoms with E-state index in [9.17, 15) is 4.79 Å². The van der Waals surface area contributed by atoms with Gasteiger partial charge in [0.25, 0.3) is 0 Å². The van der Waals surface area contributed by atoms with Crippen molar-refractivity contribution in [2.24, 2.45) is 0 Å². The van der Waals surface area contributed by atoms with Gasteiger partial charge in [-0.05, 0) is 45.4 Å². The second kappa shape index (κ2) is 7.49. The average Bonchev–Trinajstić information content (AvgIpc) is 2.96. The average molecular weight is 317 g/mol. The molecule has 5 heteroatoms. The zero-order chi connectivity index (χ0) is 16.1. The van der Waals surface area contributed by atoms with Gasteiger partial charge in [0.05, 0.1) is 5.25 Å². The van der Waals surface area contributed by atoms with Gasteiger partial charge >= 0.3 is 0 Å². The number of hydrogen-bond donors (Lipinski definition) is 0. The van der Waals surface area contributed by atoms with Crippen molar-refractivity contribution in [3.63, 3.8) is 0 Å². The lowest BCUT2D eigenvalue weighted by molar-refractivity contribution is -0.129. The molecule has 0 spiro atoms. The van der Waals surface area contributed by atoms with Crippen LogP contribution in [-0.2, 0) is 4.79 Å². The Balaban J connectivity index is 2.18. The summed E-state index contributed by atoms with van der Waals surface area (Å²) in [5.74, 6) is 0.161. The molecule has 1 unspecified atom stereocenters. The Bertz CT molecular complexity index is 634. The van der Waals surface area contributed by atoms with Crippen molar-refractivity contribution >= 4 is 17.7 Å². The van der Waals surface area contributed by atoms with Gasteiger partial charge in [-0.25, -0.2) is 4.98 Å². The number of carbonyl (C=O) groups is 1. The predicted octanol–water partition coefficient (Wildman–Crippen LogP) is 3.53. The van der Waals surface area contributed by atoms with E-state index < -0.39 is 0 Å². The molecule has 1 aromatic carbocycles. The molecule has 2 aromatic rings. The molecule has 0 aliphatic heterocycles. The van der Waals surface area contributed by atoms with Gasteiger partial charge < -0.3 is 4.90 Å². The highest BCUT2D eigenvalue weighted by atomic mass is 32.2. The fourth-order valence-electron chi connectivity index (χ4n) is 2.35. The number of carbonyl (C=O) groups excluding carboxylic acids is 1. The molecule has 4 nitrogen and oxygen atoms in total. The lowest BCUT2D eigenvalue weighted by atomic mass is 10.2. The van der Waals surface area contributed by atoms with E-state index in [-0.39, 0.29) is 11.2 Å². The summed E-state index contributed by atoms with van der Waals surface area (Å²) in [5, 5.41) is 0.699. The summed E-state index contributed by atoms with van der Waals surface area (Å²) in [7, 11) is 0. The molecule has 0 N–H and O–H groups in total. The van der Waals surface area contributed by atoms with Crippen LogP contribution in [-0.4, -0.2) is 38.7 Å². The van der Waals surface area contributed by atoms with Crippen molar-refractivity contribution < 1.29 is 4.79 Å². The number of aromatic nitrogens is 2. The van der Waals surface area contributed by atoms with Crippen LogP contribution in [0.25, 0.3) is 5.69 Å². The highest BCUT2D eigenvalue weighted by molar-refractivity contribution is 8.00. The summed E-state index contributed by atoms with van der Waals surface area (Å²) in [4.78, 5) is 18.7. The largest absolute Gasteiger partial charge is 0.342 e. The highest BCUT2D eigenvalue weighted by Crippen LogP contribution is 2.26. The zero-order valence-corrected chi connectivity index (χ0v) is 14.4. The first kappa shape index (κ1) is 16.6. The Morgan fingerprint density at radius 3 is 2.73 bits per heavy atom. The quantitative estimate of drug-likeness (QED) is 0.765. The fraction of sp³-hybridized carbons (Fsp3) is 0.412. The number of rotatable bonds is 6. The molecule has 1 atom stereocenters. The molecule has 0 aliphatic rings. The number of benzene rings is 1. The van der Waals surface area contributed by atoms with Crippen LogP contribution >= 0.6 is 11.8 Å². The minimum absolute atomic E-state index is 0.147. The maximum atomic E-state index is 12.4. The van der Waals surface area contributed by atoms with Crippen molar-refractivity contribution in [2.75, 3.05) is 13.1 Å². The number of nitrogens with zero attached hydrogens (tertiary/aromatic N) is 3. The molecule has 0 saturated heterocycles. The highest BCUT2D eigenvalue weighted by Gasteiger charge is 2.21. The van der Waals surface area contributed by atoms with Crippen LogP contribution in [0.1, 0.15) is 26.3 Å². The molecule has 0 fully saturated rings. The first-order valence-corrected chi connectivity index (χ1v) is 8.50. The third-order valence-electron chi connectivity index (χ3n) is 3.59. The van der Waals surface area contributed by atoms with E-state index in [1.54, 1.807) is 6.20 Å². The SMILES string of the molecule is CCN(CC)C(=O)C(C)Sc1nccn1-c1cccc(C)c1. The minimum Gasteiger partial charge on any atom is -0.342 e. The lowest BCUT2D eigenvalue weighted by Gasteiger charge is -2.22. The topological polar surface area (TPSA) is 38.1 Å². The van der Waals surface area contributed by atoms with E-state index in [0.717, 1.165) is 23.9 Å². The summed E-state index contributed by atoms with van der Waals surface area (Å²) in [6.07, 6.45) is 3.71. The maximum absolute atomic E-state index is 12.4. The van der Waals surface area contributed by atoms with Gasteiger partial charge in [0.15, 0.2) is 5.16 Å². The van der Waals surface area contributed by atoms with Crippen LogP contribution < -0.4 is 0 Å². The van der Waals surface area contributed by atoms with Crippen molar-refractivity contribution in [2.45, 2.75) is 38.1 Å². The van der Waals surface area contributed by atoms with Gasteiger partial charge in [0.2, 0.25) is 5.91 Å². The van der Waals surface area contributed by atoms with Crippen LogP contribution in [0, 0.1) is 6.92 Å². The summed E-state index contributed by atoms with van der Waals surface area (Å²) in [5.41, 5.74) is 2.27. The Morgan fingerprint density at radius 2 is 2.09 bits per heavy atom.